The highest BCUT2D eigenvalue weighted by Crippen LogP contribution is 2.09. The van der Waals surface area contributed by atoms with Crippen LogP contribution in [-0.4, -0.2) is 40.0 Å². The van der Waals surface area contributed by atoms with Crippen LogP contribution < -0.4 is 5.32 Å². The fourth-order valence-corrected chi connectivity index (χ4v) is 1.62. The van der Waals surface area contributed by atoms with Gasteiger partial charge >= 0.3 is 0 Å². The van der Waals surface area contributed by atoms with Crippen LogP contribution in [0.15, 0.2) is 30.3 Å². The largest absolute Gasteiger partial charge is 0.380 e. The fourth-order valence-electron chi connectivity index (χ4n) is 1.62. The minimum absolute atomic E-state index is 0.630. The number of benzene rings is 1. The van der Waals surface area contributed by atoms with Crippen LogP contribution in [0.5, 0.6) is 0 Å². The quantitative estimate of drug-likeness (QED) is 0.735. The van der Waals surface area contributed by atoms with Crippen molar-refractivity contribution in [2.45, 2.75) is 19.8 Å². The van der Waals surface area contributed by atoms with Gasteiger partial charge < -0.3 is 10.1 Å². The zero-order valence-corrected chi connectivity index (χ0v) is 11.1. The van der Waals surface area contributed by atoms with Crippen molar-refractivity contribution in [3.63, 3.8) is 0 Å². The second-order valence-corrected chi connectivity index (χ2v) is 4.14. The first-order chi connectivity index (χ1) is 9.42. The maximum Gasteiger partial charge on any atom is 0.247 e. The average Bonchev–Trinajstić information content (AvgIpc) is 2.92. The third-order valence-corrected chi connectivity index (χ3v) is 2.64. The van der Waals surface area contributed by atoms with Crippen LogP contribution >= 0.6 is 0 Å². The Morgan fingerprint density at radius 3 is 2.84 bits per heavy atom. The van der Waals surface area contributed by atoms with Crippen molar-refractivity contribution >= 4 is 5.95 Å². The molecule has 6 heteroatoms. The third kappa shape index (κ3) is 4.03. The number of tetrazole rings is 1. The monoisotopic (exact) mass is 261 g/mol. The summed E-state index contributed by atoms with van der Waals surface area (Å²) in [6.45, 7) is 4.30. The van der Waals surface area contributed by atoms with Crippen molar-refractivity contribution in [3.05, 3.63) is 30.3 Å². The second kappa shape index (κ2) is 7.48. The van der Waals surface area contributed by atoms with E-state index < -0.39 is 0 Å². The molecule has 0 fully saturated rings. The van der Waals surface area contributed by atoms with Gasteiger partial charge in [0, 0.05) is 13.2 Å². The molecule has 0 aliphatic carbocycles. The lowest BCUT2D eigenvalue weighted by Crippen LogP contribution is -2.13. The molecule has 6 nitrogen and oxygen atoms in total. The van der Waals surface area contributed by atoms with E-state index in [4.69, 9.17) is 4.74 Å². The number of hydrogen-bond donors (Lipinski definition) is 1. The first-order valence-electron chi connectivity index (χ1n) is 6.57. The molecule has 2 aromatic rings. The van der Waals surface area contributed by atoms with Gasteiger partial charge in [-0.2, -0.15) is 4.68 Å². The molecule has 0 saturated heterocycles. The Labute approximate surface area is 112 Å². The minimum Gasteiger partial charge on any atom is -0.380 e. The zero-order valence-electron chi connectivity index (χ0n) is 11.1. The topological polar surface area (TPSA) is 64.9 Å². The predicted molar refractivity (Wildman–Crippen MR) is 73.4 cm³/mol. The zero-order chi connectivity index (χ0) is 13.3. The molecule has 0 spiro atoms. The van der Waals surface area contributed by atoms with E-state index in [9.17, 15) is 0 Å². The lowest BCUT2D eigenvalue weighted by molar-refractivity contribution is 0.141. The normalized spacial score (nSPS) is 10.6. The van der Waals surface area contributed by atoms with E-state index in [1.807, 2.05) is 30.3 Å². The molecule has 0 atom stereocenters. The van der Waals surface area contributed by atoms with E-state index in [0.29, 0.717) is 19.1 Å². The Balaban J connectivity index is 1.83. The summed E-state index contributed by atoms with van der Waals surface area (Å²) in [4.78, 5) is 0. The van der Waals surface area contributed by atoms with E-state index in [0.717, 1.165) is 25.1 Å². The molecule has 0 unspecified atom stereocenters. The number of ether oxygens (including phenoxy) is 1. The van der Waals surface area contributed by atoms with Gasteiger partial charge in [-0.3, -0.25) is 0 Å². The second-order valence-electron chi connectivity index (χ2n) is 4.14. The lowest BCUT2D eigenvalue weighted by Gasteiger charge is -2.07. The van der Waals surface area contributed by atoms with Crippen LogP contribution in [-0.2, 0) is 4.74 Å². The summed E-state index contributed by atoms with van der Waals surface area (Å²) in [5, 5.41) is 14.8. The number of unbranched alkanes of at least 4 members (excludes halogenated alkanes) is 1. The number of para-hydroxylation sites is 1. The van der Waals surface area contributed by atoms with Crippen molar-refractivity contribution < 1.29 is 4.74 Å². The van der Waals surface area contributed by atoms with Crippen molar-refractivity contribution in [2.24, 2.45) is 0 Å². The average molecular weight is 261 g/mol. The van der Waals surface area contributed by atoms with Crippen LogP contribution in [0.1, 0.15) is 19.8 Å². The molecule has 0 bridgehead atoms. The summed E-state index contributed by atoms with van der Waals surface area (Å²) in [7, 11) is 0. The van der Waals surface area contributed by atoms with Gasteiger partial charge in [0.15, 0.2) is 0 Å². The molecule has 19 heavy (non-hydrogen) atoms. The highest BCUT2D eigenvalue weighted by Gasteiger charge is 2.06. The molecule has 1 heterocycles. The molecular weight excluding hydrogens is 242 g/mol. The molecule has 1 N–H and O–H groups in total. The molecule has 102 valence electrons. The van der Waals surface area contributed by atoms with Crippen LogP contribution in [0.4, 0.5) is 5.95 Å². The van der Waals surface area contributed by atoms with Gasteiger partial charge in [-0.1, -0.05) is 36.6 Å². The Morgan fingerprint density at radius 2 is 2.05 bits per heavy atom. The minimum atomic E-state index is 0.630. The van der Waals surface area contributed by atoms with Gasteiger partial charge in [-0.05, 0) is 29.0 Å². The smallest absolute Gasteiger partial charge is 0.247 e. The molecule has 2 rings (SSSR count). The van der Waals surface area contributed by atoms with Gasteiger partial charge in [0.25, 0.3) is 0 Å². The Kier molecular flexibility index (Phi) is 5.31. The van der Waals surface area contributed by atoms with Crippen LogP contribution in [0, 0.1) is 0 Å². The van der Waals surface area contributed by atoms with Gasteiger partial charge in [0.05, 0.1) is 12.3 Å². The molecular formula is C13H19N5O. The standard InChI is InChI=1S/C13H19N5O/c1-2-3-10-19-11-9-14-13-15-16-17-18(13)12-7-5-4-6-8-12/h4-8H,2-3,9-11H2,1H3,(H,14,15,17). The van der Waals surface area contributed by atoms with E-state index in [1.54, 1.807) is 4.68 Å². The molecule has 0 aliphatic rings. The van der Waals surface area contributed by atoms with Crippen molar-refractivity contribution in [3.8, 4) is 5.69 Å². The molecule has 1 aromatic heterocycles. The number of nitrogens with one attached hydrogen (secondary N) is 1. The van der Waals surface area contributed by atoms with Crippen molar-refractivity contribution in [1.29, 1.82) is 0 Å². The highest BCUT2D eigenvalue weighted by atomic mass is 16.5. The number of hydrogen-bond acceptors (Lipinski definition) is 5. The Morgan fingerprint density at radius 1 is 1.21 bits per heavy atom. The molecule has 1 aromatic carbocycles. The Bertz CT molecular complexity index is 471. The molecule has 0 aliphatic heterocycles. The number of rotatable bonds is 8. The van der Waals surface area contributed by atoms with Gasteiger partial charge in [-0.25, -0.2) is 0 Å². The highest BCUT2D eigenvalue weighted by molar-refractivity contribution is 5.38. The third-order valence-electron chi connectivity index (χ3n) is 2.64. The summed E-state index contributed by atoms with van der Waals surface area (Å²) in [6.07, 6.45) is 2.25. The maximum atomic E-state index is 5.48. The van der Waals surface area contributed by atoms with E-state index in [1.165, 1.54) is 0 Å². The van der Waals surface area contributed by atoms with Gasteiger partial charge in [0.2, 0.25) is 5.95 Å². The fraction of sp³-hybridized carbons (Fsp3) is 0.462. The summed E-state index contributed by atoms with van der Waals surface area (Å²) in [6, 6.07) is 9.78. The maximum absolute atomic E-state index is 5.48. The van der Waals surface area contributed by atoms with Crippen molar-refractivity contribution in [2.75, 3.05) is 25.1 Å². The SMILES string of the molecule is CCCCOCCNc1nnnn1-c1ccccc1. The van der Waals surface area contributed by atoms with Crippen molar-refractivity contribution in [1.82, 2.24) is 20.2 Å². The first-order valence-corrected chi connectivity index (χ1v) is 6.57. The molecule has 0 saturated carbocycles. The number of anilines is 1. The van der Waals surface area contributed by atoms with Crippen LogP contribution in [0.25, 0.3) is 5.69 Å². The summed E-state index contributed by atoms with van der Waals surface area (Å²) >= 11 is 0. The first kappa shape index (κ1) is 13.5. The summed E-state index contributed by atoms with van der Waals surface area (Å²) in [5.41, 5.74) is 0.932. The molecule has 0 amide bonds. The number of aromatic nitrogens is 4. The van der Waals surface area contributed by atoms with Gasteiger partial charge in [-0.15, -0.1) is 0 Å². The lowest BCUT2D eigenvalue weighted by atomic mass is 10.3. The Hall–Kier alpha value is -1.95. The van der Waals surface area contributed by atoms with Crippen LogP contribution in [0.3, 0.4) is 0 Å². The summed E-state index contributed by atoms with van der Waals surface area (Å²) < 4.78 is 7.15. The molecule has 0 radical (unpaired) electrons. The number of nitrogens with zero attached hydrogens (tertiary/aromatic N) is 4. The van der Waals surface area contributed by atoms with E-state index >= 15 is 0 Å². The van der Waals surface area contributed by atoms with E-state index in [2.05, 4.69) is 27.8 Å². The van der Waals surface area contributed by atoms with E-state index in [-0.39, 0.29) is 0 Å². The summed E-state index contributed by atoms with van der Waals surface area (Å²) in [5.74, 6) is 0.630. The van der Waals surface area contributed by atoms with Crippen LogP contribution in [0.2, 0.25) is 0 Å². The van der Waals surface area contributed by atoms with Gasteiger partial charge in [0.1, 0.15) is 0 Å². The predicted octanol–water partition coefficient (Wildman–Crippen LogP) is 1.89.